The van der Waals surface area contributed by atoms with Crippen molar-refractivity contribution in [1.29, 1.82) is 0 Å². The van der Waals surface area contributed by atoms with E-state index < -0.39 is 0 Å². The predicted molar refractivity (Wildman–Crippen MR) is 105 cm³/mol. The highest BCUT2D eigenvalue weighted by atomic mass is 79.9. The molecule has 0 amide bonds. The smallest absolute Gasteiger partial charge is 0.162 e. The second-order valence-electron chi connectivity index (χ2n) is 6.74. The third-order valence-electron chi connectivity index (χ3n) is 5.09. The van der Waals surface area contributed by atoms with Gasteiger partial charge in [0.25, 0.3) is 0 Å². The van der Waals surface area contributed by atoms with Crippen molar-refractivity contribution in [1.82, 2.24) is 14.2 Å². The predicted octanol–water partition coefficient (Wildman–Crippen LogP) is 5.71. The second-order valence-corrected chi connectivity index (χ2v) is 7.65. The van der Waals surface area contributed by atoms with Gasteiger partial charge in [-0.15, -0.1) is 5.10 Å². The van der Waals surface area contributed by atoms with Gasteiger partial charge in [-0.1, -0.05) is 40.2 Å². The summed E-state index contributed by atoms with van der Waals surface area (Å²) in [6.45, 7) is 0.967. The van der Waals surface area contributed by atoms with Crippen LogP contribution in [0.15, 0.2) is 59.2 Å². The molecule has 1 aliphatic rings. The first-order valence-electron chi connectivity index (χ1n) is 8.83. The van der Waals surface area contributed by atoms with Crippen LogP contribution in [0.5, 0.6) is 0 Å². The molecule has 0 atom stereocenters. The van der Waals surface area contributed by atoms with Crippen molar-refractivity contribution in [3.8, 4) is 22.5 Å². The lowest BCUT2D eigenvalue weighted by atomic mass is 10.0. The molecule has 1 aliphatic heterocycles. The number of aromatic nitrogens is 3. The Balaban J connectivity index is 1.72. The highest BCUT2D eigenvalue weighted by molar-refractivity contribution is 9.10. The average molecular weight is 410 g/mol. The quantitative estimate of drug-likeness (QED) is 0.415. The molecule has 0 unspecified atom stereocenters. The van der Waals surface area contributed by atoms with Crippen LogP contribution in [0.4, 0.5) is 4.39 Å². The molecule has 4 aromatic rings. The van der Waals surface area contributed by atoms with Crippen LogP contribution in [-0.2, 0) is 13.0 Å². The Morgan fingerprint density at radius 1 is 0.923 bits per heavy atom. The summed E-state index contributed by atoms with van der Waals surface area (Å²) in [5, 5.41) is 4.88. The van der Waals surface area contributed by atoms with Crippen molar-refractivity contribution >= 4 is 21.6 Å². The van der Waals surface area contributed by atoms with Gasteiger partial charge in [-0.25, -0.2) is 8.91 Å². The van der Waals surface area contributed by atoms with Gasteiger partial charge in [-0.3, -0.25) is 0 Å². The van der Waals surface area contributed by atoms with E-state index in [0.29, 0.717) is 0 Å². The van der Waals surface area contributed by atoms with Crippen molar-refractivity contribution in [2.24, 2.45) is 0 Å². The second kappa shape index (κ2) is 6.09. The Bertz CT molecular complexity index is 1010. The summed E-state index contributed by atoms with van der Waals surface area (Å²) in [5.41, 5.74) is 5.80. The number of nitrogens with zero attached hydrogens (tertiary/aromatic N) is 3. The first-order valence-corrected chi connectivity index (χ1v) is 9.62. The van der Waals surface area contributed by atoms with Gasteiger partial charge in [0.15, 0.2) is 5.82 Å². The van der Waals surface area contributed by atoms with E-state index in [9.17, 15) is 4.39 Å². The molecule has 0 spiro atoms. The first-order chi connectivity index (χ1) is 12.7. The van der Waals surface area contributed by atoms with Crippen molar-refractivity contribution in [3.63, 3.8) is 0 Å². The molecule has 26 heavy (non-hydrogen) atoms. The number of hydrogen-bond donors (Lipinski definition) is 0. The molecule has 5 rings (SSSR count). The molecule has 0 radical (unpaired) electrons. The summed E-state index contributed by atoms with van der Waals surface area (Å²) in [6, 6.07) is 15.0. The highest BCUT2D eigenvalue weighted by Crippen LogP contribution is 2.35. The summed E-state index contributed by atoms with van der Waals surface area (Å²) < 4.78 is 18.7. The van der Waals surface area contributed by atoms with Crippen LogP contribution in [0, 0.1) is 5.82 Å². The first kappa shape index (κ1) is 15.8. The van der Waals surface area contributed by atoms with E-state index in [1.807, 2.05) is 28.8 Å². The topological polar surface area (TPSA) is 22.2 Å². The maximum Gasteiger partial charge on any atom is 0.162 e. The molecule has 0 N–H and O–H groups in total. The van der Waals surface area contributed by atoms with Gasteiger partial charge in [0.1, 0.15) is 11.5 Å². The molecule has 0 saturated carbocycles. The molecular formula is C21H17BrFN3. The van der Waals surface area contributed by atoms with Gasteiger partial charge < -0.3 is 4.57 Å². The van der Waals surface area contributed by atoms with Crippen LogP contribution < -0.4 is 0 Å². The molecule has 0 saturated heterocycles. The molecule has 130 valence electrons. The zero-order valence-corrected chi connectivity index (χ0v) is 15.7. The number of aryl methyl sites for hydroxylation is 2. The minimum atomic E-state index is -0.205. The maximum absolute atomic E-state index is 13.3. The average Bonchev–Trinajstić information content (AvgIpc) is 3.07. The molecule has 0 bridgehead atoms. The van der Waals surface area contributed by atoms with Crippen LogP contribution in [0.3, 0.4) is 0 Å². The van der Waals surface area contributed by atoms with Crippen molar-refractivity contribution in [3.05, 3.63) is 70.6 Å². The summed E-state index contributed by atoms with van der Waals surface area (Å²) >= 11 is 3.50. The molecule has 0 aliphatic carbocycles. The standard InChI is InChI=1S/C21H17BrFN3/c22-16-8-4-15(5-9-16)20-24-26-13-19(14-6-10-17(23)11-7-14)18-3-1-2-12-25(20)21(18)26/h4-11,13H,1-3,12H2. The summed E-state index contributed by atoms with van der Waals surface area (Å²) in [4.78, 5) is 0. The fraction of sp³-hybridized carbons (Fsp3) is 0.190. The van der Waals surface area contributed by atoms with E-state index in [-0.39, 0.29) is 5.82 Å². The van der Waals surface area contributed by atoms with Gasteiger partial charge in [-0.2, -0.15) is 0 Å². The fourth-order valence-corrected chi connectivity index (χ4v) is 4.12. The third kappa shape index (κ3) is 2.50. The highest BCUT2D eigenvalue weighted by Gasteiger charge is 2.22. The van der Waals surface area contributed by atoms with Gasteiger partial charge in [-0.05, 0) is 49.1 Å². The Hall–Kier alpha value is -2.40. The Labute approximate surface area is 159 Å². The van der Waals surface area contributed by atoms with Crippen LogP contribution in [0.1, 0.15) is 18.4 Å². The van der Waals surface area contributed by atoms with Gasteiger partial charge >= 0.3 is 0 Å². The summed E-state index contributed by atoms with van der Waals surface area (Å²) in [6.07, 6.45) is 5.39. The zero-order chi connectivity index (χ0) is 17.7. The minimum Gasteiger partial charge on any atom is -0.309 e. The summed E-state index contributed by atoms with van der Waals surface area (Å²) in [7, 11) is 0. The molecule has 3 nitrogen and oxygen atoms in total. The van der Waals surface area contributed by atoms with E-state index >= 15 is 0 Å². The van der Waals surface area contributed by atoms with E-state index in [1.54, 1.807) is 0 Å². The van der Waals surface area contributed by atoms with Crippen molar-refractivity contribution in [2.45, 2.75) is 25.8 Å². The molecule has 0 fully saturated rings. The van der Waals surface area contributed by atoms with Crippen molar-refractivity contribution < 1.29 is 4.39 Å². The number of hydrogen-bond acceptors (Lipinski definition) is 1. The lowest BCUT2D eigenvalue weighted by molar-refractivity contribution is 0.628. The third-order valence-corrected chi connectivity index (χ3v) is 5.62. The van der Waals surface area contributed by atoms with E-state index in [2.05, 4.69) is 38.8 Å². The Morgan fingerprint density at radius 3 is 2.42 bits per heavy atom. The van der Waals surface area contributed by atoms with Crippen LogP contribution in [0.2, 0.25) is 0 Å². The van der Waals surface area contributed by atoms with Crippen LogP contribution in [0.25, 0.3) is 28.2 Å². The van der Waals surface area contributed by atoms with Crippen LogP contribution in [-0.4, -0.2) is 14.2 Å². The largest absolute Gasteiger partial charge is 0.309 e. The lowest BCUT2D eigenvalue weighted by Crippen LogP contribution is -1.99. The van der Waals surface area contributed by atoms with E-state index in [4.69, 9.17) is 5.10 Å². The maximum atomic E-state index is 13.3. The fourth-order valence-electron chi connectivity index (χ4n) is 3.86. The molecule has 3 heterocycles. The monoisotopic (exact) mass is 409 g/mol. The lowest BCUT2D eigenvalue weighted by Gasteiger charge is -2.06. The van der Waals surface area contributed by atoms with Crippen molar-refractivity contribution in [2.75, 3.05) is 0 Å². The number of halogens is 2. The molecular weight excluding hydrogens is 393 g/mol. The van der Waals surface area contributed by atoms with E-state index in [1.165, 1.54) is 23.3 Å². The number of rotatable bonds is 2. The number of benzene rings is 2. The van der Waals surface area contributed by atoms with Gasteiger partial charge in [0, 0.05) is 33.9 Å². The van der Waals surface area contributed by atoms with Gasteiger partial charge in [0.2, 0.25) is 0 Å². The normalized spacial score (nSPS) is 13.9. The Kier molecular flexibility index (Phi) is 3.71. The zero-order valence-electron chi connectivity index (χ0n) is 14.1. The SMILES string of the molecule is Fc1ccc(-c2cn3nc(-c4ccc(Br)cc4)n4c3c2CCCC4)cc1. The van der Waals surface area contributed by atoms with Crippen LogP contribution >= 0.6 is 15.9 Å². The molecule has 5 heteroatoms. The molecule has 2 aromatic carbocycles. The van der Waals surface area contributed by atoms with Gasteiger partial charge in [0.05, 0.1) is 0 Å². The minimum absolute atomic E-state index is 0.205. The molecule has 2 aromatic heterocycles. The Morgan fingerprint density at radius 2 is 1.65 bits per heavy atom. The summed E-state index contributed by atoms with van der Waals surface area (Å²) in [5.74, 6) is 0.796. The van der Waals surface area contributed by atoms with E-state index in [0.717, 1.165) is 52.8 Å².